The van der Waals surface area contributed by atoms with Gasteiger partial charge < -0.3 is 9.84 Å². The van der Waals surface area contributed by atoms with Crippen LogP contribution in [0.25, 0.3) is 0 Å². The molecule has 1 aromatic carbocycles. The van der Waals surface area contributed by atoms with Gasteiger partial charge in [0.2, 0.25) is 5.89 Å². The van der Waals surface area contributed by atoms with Gasteiger partial charge in [-0.1, -0.05) is 41.9 Å². The number of halogens is 2. The highest BCUT2D eigenvalue weighted by Gasteiger charge is 2.23. The summed E-state index contributed by atoms with van der Waals surface area (Å²) in [6, 6.07) is 4.51. The van der Waals surface area contributed by atoms with Crippen molar-refractivity contribution in [1.29, 1.82) is 0 Å². The van der Waals surface area contributed by atoms with Gasteiger partial charge in [-0.3, -0.25) is 0 Å². The molecule has 1 unspecified atom stereocenters. The van der Waals surface area contributed by atoms with Crippen molar-refractivity contribution in [2.45, 2.75) is 45.7 Å². The topological polar surface area (TPSA) is 51.0 Å². The Morgan fingerprint density at radius 1 is 1.38 bits per heavy atom. The van der Waals surface area contributed by atoms with Crippen LogP contribution in [0.1, 0.15) is 51.0 Å². The summed E-state index contributed by atoms with van der Waals surface area (Å²) in [6.07, 6.45) is 0. The third kappa shape index (κ3) is 4.11. The number of nitrogens with zero attached hydrogens (tertiary/aromatic N) is 2. The maximum Gasteiger partial charge on any atom is 0.243 e. The molecule has 1 aromatic heterocycles. The standard InChI is InChI=1S/C15H19BrFN3O/c1-9(13-19-14(20-21-13)15(2,3)4)18-8-10-7-11(17)5-6-12(10)16/h5-7,9,18H,8H2,1-4H3. The van der Waals surface area contributed by atoms with Gasteiger partial charge in [0.05, 0.1) is 6.04 Å². The second kappa shape index (κ2) is 6.23. The molecule has 0 bridgehead atoms. The van der Waals surface area contributed by atoms with Crippen LogP contribution in [0.15, 0.2) is 27.2 Å². The normalized spacial score (nSPS) is 13.4. The van der Waals surface area contributed by atoms with Gasteiger partial charge in [-0.2, -0.15) is 4.98 Å². The van der Waals surface area contributed by atoms with E-state index in [0.29, 0.717) is 18.3 Å². The monoisotopic (exact) mass is 355 g/mol. The van der Waals surface area contributed by atoms with Crippen LogP contribution >= 0.6 is 15.9 Å². The zero-order chi connectivity index (χ0) is 15.6. The Morgan fingerprint density at radius 3 is 2.71 bits per heavy atom. The zero-order valence-corrected chi connectivity index (χ0v) is 14.2. The van der Waals surface area contributed by atoms with Crippen LogP contribution in [0.4, 0.5) is 4.39 Å². The number of benzene rings is 1. The highest BCUT2D eigenvalue weighted by atomic mass is 79.9. The van der Waals surface area contributed by atoms with Crippen LogP contribution in [0, 0.1) is 5.82 Å². The lowest BCUT2D eigenvalue weighted by Gasteiger charge is -2.12. The predicted molar refractivity (Wildman–Crippen MR) is 82.4 cm³/mol. The largest absolute Gasteiger partial charge is 0.338 e. The number of rotatable bonds is 4. The van der Waals surface area contributed by atoms with Gasteiger partial charge in [-0.15, -0.1) is 0 Å². The predicted octanol–water partition coefficient (Wildman–Crippen LogP) is 4.12. The van der Waals surface area contributed by atoms with Gasteiger partial charge in [-0.25, -0.2) is 4.39 Å². The molecule has 0 saturated heterocycles. The quantitative estimate of drug-likeness (QED) is 0.895. The van der Waals surface area contributed by atoms with Gasteiger partial charge >= 0.3 is 0 Å². The fourth-order valence-corrected chi connectivity index (χ4v) is 2.13. The molecule has 0 aliphatic rings. The molecule has 4 nitrogen and oxygen atoms in total. The van der Waals surface area contributed by atoms with Crippen molar-refractivity contribution in [1.82, 2.24) is 15.5 Å². The molecule has 114 valence electrons. The minimum Gasteiger partial charge on any atom is -0.338 e. The molecule has 0 saturated carbocycles. The molecule has 0 aliphatic heterocycles. The molecule has 1 heterocycles. The van der Waals surface area contributed by atoms with Crippen LogP contribution in [-0.4, -0.2) is 10.1 Å². The molecule has 0 aliphatic carbocycles. The summed E-state index contributed by atoms with van der Waals surface area (Å²) in [6.45, 7) is 8.54. The molecule has 1 atom stereocenters. The van der Waals surface area contributed by atoms with E-state index < -0.39 is 0 Å². The molecule has 21 heavy (non-hydrogen) atoms. The van der Waals surface area contributed by atoms with Crippen LogP contribution in [0.3, 0.4) is 0 Å². The summed E-state index contributed by atoms with van der Waals surface area (Å²) >= 11 is 3.41. The molecular weight excluding hydrogens is 337 g/mol. The van der Waals surface area contributed by atoms with Crippen molar-refractivity contribution >= 4 is 15.9 Å². The van der Waals surface area contributed by atoms with E-state index in [1.165, 1.54) is 12.1 Å². The number of aromatic nitrogens is 2. The van der Waals surface area contributed by atoms with E-state index in [9.17, 15) is 4.39 Å². The molecule has 0 spiro atoms. The van der Waals surface area contributed by atoms with Gasteiger partial charge in [0, 0.05) is 16.4 Å². The Bertz CT molecular complexity index is 622. The zero-order valence-electron chi connectivity index (χ0n) is 12.6. The highest BCUT2D eigenvalue weighted by Crippen LogP contribution is 2.22. The van der Waals surface area contributed by atoms with Crippen molar-refractivity contribution in [3.8, 4) is 0 Å². The van der Waals surface area contributed by atoms with Crippen molar-refractivity contribution in [2.75, 3.05) is 0 Å². The van der Waals surface area contributed by atoms with Gasteiger partial charge in [-0.05, 0) is 30.7 Å². The highest BCUT2D eigenvalue weighted by molar-refractivity contribution is 9.10. The number of hydrogen-bond acceptors (Lipinski definition) is 4. The van der Waals surface area contributed by atoms with E-state index in [0.717, 1.165) is 10.0 Å². The smallest absolute Gasteiger partial charge is 0.243 e. The second-order valence-electron chi connectivity index (χ2n) is 6.04. The fraction of sp³-hybridized carbons (Fsp3) is 0.467. The van der Waals surface area contributed by atoms with Crippen molar-refractivity contribution in [3.63, 3.8) is 0 Å². The molecule has 0 radical (unpaired) electrons. The van der Waals surface area contributed by atoms with E-state index in [1.54, 1.807) is 6.07 Å². The average Bonchev–Trinajstić information content (AvgIpc) is 2.89. The maximum absolute atomic E-state index is 13.2. The maximum atomic E-state index is 13.2. The van der Waals surface area contributed by atoms with Crippen LogP contribution in [0.5, 0.6) is 0 Å². The summed E-state index contributed by atoms with van der Waals surface area (Å²) in [5.41, 5.74) is 0.699. The Balaban J connectivity index is 2.03. The number of nitrogens with one attached hydrogen (secondary N) is 1. The summed E-state index contributed by atoms with van der Waals surface area (Å²) < 4.78 is 19.4. The molecule has 0 amide bonds. The lowest BCUT2D eigenvalue weighted by atomic mass is 9.96. The third-order valence-electron chi connectivity index (χ3n) is 3.09. The molecule has 0 fully saturated rings. The van der Waals surface area contributed by atoms with E-state index >= 15 is 0 Å². The van der Waals surface area contributed by atoms with E-state index in [-0.39, 0.29) is 17.3 Å². The van der Waals surface area contributed by atoms with Crippen molar-refractivity contribution in [2.24, 2.45) is 0 Å². The minimum atomic E-state index is -0.254. The first kappa shape index (κ1) is 16.1. The molecule has 6 heteroatoms. The minimum absolute atomic E-state index is 0.108. The molecule has 2 rings (SSSR count). The summed E-state index contributed by atoms with van der Waals surface area (Å²) in [5.74, 6) is 0.959. The van der Waals surface area contributed by atoms with Crippen LogP contribution in [0.2, 0.25) is 0 Å². The van der Waals surface area contributed by atoms with Crippen molar-refractivity contribution < 1.29 is 8.91 Å². The average molecular weight is 356 g/mol. The Morgan fingerprint density at radius 2 is 2.10 bits per heavy atom. The fourth-order valence-electron chi connectivity index (χ4n) is 1.74. The number of hydrogen-bond donors (Lipinski definition) is 1. The van der Waals surface area contributed by atoms with E-state index in [4.69, 9.17) is 4.52 Å². The molecule has 1 N–H and O–H groups in total. The Kier molecular flexibility index (Phi) is 4.78. The van der Waals surface area contributed by atoms with Crippen molar-refractivity contribution in [3.05, 3.63) is 45.8 Å². The van der Waals surface area contributed by atoms with Crippen LogP contribution < -0.4 is 5.32 Å². The summed E-state index contributed by atoms with van der Waals surface area (Å²) in [4.78, 5) is 4.41. The molecule has 2 aromatic rings. The SMILES string of the molecule is CC(NCc1cc(F)ccc1Br)c1nc(C(C)(C)C)no1. The molecular formula is C15H19BrFN3O. The van der Waals surface area contributed by atoms with E-state index in [2.05, 4.69) is 31.4 Å². The Hall–Kier alpha value is -1.27. The Labute approximate surface area is 132 Å². The van der Waals surface area contributed by atoms with Gasteiger partial charge in [0.25, 0.3) is 0 Å². The summed E-state index contributed by atoms with van der Waals surface area (Å²) in [7, 11) is 0. The van der Waals surface area contributed by atoms with Gasteiger partial charge in [0.1, 0.15) is 5.82 Å². The second-order valence-corrected chi connectivity index (χ2v) is 6.90. The lowest BCUT2D eigenvalue weighted by molar-refractivity contribution is 0.330. The van der Waals surface area contributed by atoms with Crippen LogP contribution in [-0.2, 0) is 12.0 Å². The van der Waals surface area contributed by atoms with E-state index in [1.807, 2.05) is 27.7 Å². The first-order valence-electron chi connectivity index (χ1n) is 6.79. The lowest BCUT2D eigenvalue weighted by Crippen LogP contribution is -2.19. The summed E-state index contributed by atoms with van der Waals surface area (Å²) in [5, 5.41) is 7.25. The third-order valence-corrected chi connectivity index (χ3v) is 3.86. The van der Waals surface area contributed by atoms with Gasteiger partial charge in [0.15, 0.2) is 5.82 Å². The first-order chi connectivity index (χ1) is 9.77. The first-order valence-corrected chi connectivity index (χ1v) is 7.58.